The van der Waals surface area contributed by atoms with Gasteiger partial charge in [-0.3, -0.25) is 0 Å². The molecule has 0 aliphatic rings. The quantitative estimate of drug-likeness (QED) is 0.850. The van der Waals surface area contributed by atoms with E-state index in [1.807, 2.05) is 0 Å². The molecule has 0 radical (unpaired) electrons. The summed E-state index contributed by atoms with van der Waals surface area (Å²) in [5.41, 5.74) is -1.92. The minimum Gasteiger partial charge on any atom is -0.478 e. The Kier molecular flexibility index (Phi) is 2.84. The van der Waals surface area contributed by atoms with Crippen molar-refractivity contribution in [3.63, 3.8) is 0 Å². The van der Waals surface area contributed by atoms with E-state index in [2.05, 4.69) is 15.9 Å². The normalized spacial score (nSPS) is 11.4. The Morgan fingerprint density at radius 1 is 1.36 bits per heavy atom. The van der Waals surface area contributed by atoms with Crippen LogP contribution in [0, 0.1) is 0 Å². The van der Waals surface area contributed by atoms with Crippen molar-refractivity contribution < 1.29 is 23.1 Å². The molecule has 2 nitrogen and oxygen atoms in total. The molecule has 0 spiro atoms. The lowest BCUT2D eigenvalue weighted by molar-refractivity contribution is -0.138. The highest BCUT2D eigenvalue weighted by Gasteiger charge is 2.36. The minimum absolute atomic E-state index is 0.0835. The monoisotopic (exact) mass is 268 g/mol. The number of hydrogen-bond donors (Lipinski definition) is 1. The molecule has 14 heavy (non-hydrogen) atoms. The average molecular weight is 269 g/mol. The number of alkyl halides is 3. The van der Waals surface area contributed by atoms with Crippen molar-refractivity contribution in [1.82, 2.24) is 0 Å². The molecule has 0 aliphatic heterocycles. The van der Waals surface area contributed by atoms with Crippen LogP contribution in [0.1, 0.15) is 15.9 Å². The number of carbonyl (C=O) groups is 1. The van der Waals surface area contributed by atoms with Crippen molar-refractivity contribution in [1.29, 1.82) is 0 Å². The summed E-state index contributed by atoms with van der Waals surface area (Å²) in [4.78, 5) is 10.6. The number of hydrogen-bond acceptors (Lipinski definition) is 1. The van der Waals surface area contributed by atoms with Crippen LogP contribution in [0.15, 0.2) is 22.7 Å². The van der Waals surface area contributed by atoms with Gasteiger partial charge in [0.15, 0.2) is 0 Å². The summed E-state index contributed by atoms with van der Waals surface area (Å²) in [6, 6.07) is 3.12. The topological polar surface area (TPSA) is 37.3 Å². The van der Waals surface area contributed by atoms with Crippen molar-refractivity contribution in [3.05, 3.63) is 33.8 Å². The van der Waals surface area contributed by atoms with Crippen molar-refractivity contribution in [2.24, 2.45) is 0 Å². The molecule has 6 heteroatoms. The summed E-state index contributed by atoms with van der Waals surface area (Å²) >= 11 is 2.76. The van der Waals surface area contributed by atoms with Gasteiger partial charge in [0.2, 0.25) is 0 Å². The van der Waals surface area contributed by atoms with Gasteiger partial charge in [-0.15, -0.1) is 0 Å². The zero-order valence-electron chi connectivity index (χ0n) is 6.60. The fraction of sp³-hybridized carbons (Fsp3) is 0.125. The number of carboxylic acid groups (broad SMARTS) is 1. The molecule has 1 aromatic rings. The van der Waals surface area contributed by atoms with Crippen molar-refractivity contribution in [2.45, 2.75) is 6.18 Å². The van der Waals surface area contributed by atoms with Crippen LogP contribution < -0.4 is 0 Å². The molecule has 0 fully saturated rings. The molecule has 0 aromatic heterocycles. The lowest BCUT2D eigenvalue weighted by Crippen LogP contribution is -2.13. The third-order valence-corrected chi connectivity index (χ3v) is 2.19. The summed E-state index contributed by atoms with van der Waals surface area (Å²) in [5.74, 6) is -1.61. The van der Waals surface area contributed by atoms with Gasteiger partial charge < -0.3 is 5.11 Å². The van der Waals surface area contributed by atoms with E-state index < -0.39 is 23.3 Å². The third-order valence-electron chi connectivity index (χ3n) is 1.53. The first-order valence-corrected chi connectivity index (χ1v) is 4.22. The third kappa shape index (κ3) is 2.06. The molecule has 0 unspecified atom stereocenters. The van der Waals surface area contributed by atoms with Gasteiger partial charge in [0.1, 0.15) is 0 Å². The first-order valence-electron chi connectivity index (χ1n) is 3.43. The first kappa shape index (κ1) is 11.0. The van der Waals surface area contributed by atoms with Gasteiger partial charge in [-0.2, -0.15) is 13.2 Å². The maximum Gasteiger partial charge on any atom is 0.417 e. The highest BCUT2D eigenvalue weighted by Crippen LogP contribution is 2.34. The molecule has 1 N–H and O–H groups in total. The van der Waals surface area contributed by atoms with Crippen molar-refractivity contribution >= 4 is 21.9 Å². The molecule has 1 aromatic carbocycles. The van der Waals surface area contributed by atoms with E-state index in [1.54, 1.807) is 0 Å². The van der Waals surface area contributed by atoms with Crippen LogP contribution in [0.3, 0.4) is 0 Å². The highest BCUT2D eigenvalue weighted by molar-refractivity contribution is 9.10. The molecule has 0 amide bonds. The van der Waals surface area contributed by atoms with Gasteiger partial charge in [-0.1, -0.05) is 6.07 Å². The summed E-state index contributed by atoms with van der Waals surface area (Å²) in [7, 11) is 0. The molecule has 0 bridgehead atoms. The fourth-order valence-electron chi connectivity index (χ4n) is 0.978. The second-order valence-electron chi connectivity index (χ2n) is 2.47. The van der Waals surface area contributed by atoms with E-state index in [0.717, 1.165) is 12.1 Å². The average Bonchev–Trinajstić information content (AvgIpc) is 2.01. The second kappa shape index (κ2) is 3.61. The molecular formula is C8H4BrF3O2. The molecule has 0 aliphatic carbocycles. The van der Waals surface area contributed by atoms with Crippen LogP contribution in [0.25, 0.3) is 0 Å². The van der Waals surface area contributed by atoms with E-state index in [9.17, 15) is 18.0 Å². The van der Waals surface area contributed by atoms with E-state index >= 15 is 0 Å². The fourth-order valence-corrected chi connectivity index (χ4v) is 1.51. The zero-order valence-corrected chi connectivity index (χ0v) is 8.19. The lowest BCUT2D eigenvalue weighted by atomic mass is 10.1. The number of rotatable bonds is 1. The van der Waals surface area contributed by atoms with Gasteiger partial charge in [0.25, 0.3) is 0 Å². The number of carboxylic acids is 1. The number of halogens is 4. The Bertz CT molecular complexity index is 373. The number of aromatic carboxylic acids is 1. The van der Waals surface area contributed by atoms with Crippen LogP contribution in [0.5, 0.6) is 0 Å². The van der Waals surface area contributed by atoms with Crippen LogP contribution in [-0.2, 0) is 6.18 Å². The molecule has 76 valence electrons. The summed E-state index contributed by atoms with van der Waals surface area (Å²) in [6.45, 7) is 0. The van der Waals surface area contributed by atoms with Gasteiger partial charge in [-0.05, 0) is 28.1 Å². The SMILES string of the molecule is O=C(O)c1c(Br)cccc1C(F)(F)F. The lowest BCUT2D eigenvalue weighted by Gasteiger charge is -2.10. The first-order chi connectivity index (χ1) is 6.34. The summed E-state index contributed by atoms with van der Waals surface area (Å²) in [6.07, 6.45) is -4.66. The van der Waals surface area contributed by atoms with Crippen LogP contribution in [-0.4, -0.2) is 11.1 Å². The second-order valence-corrected chi connectivity index (χ2v) is 3.32. The van der Waals surface area contributed by atoms with Crippen LogP contribution in [0.4, 0.5) is 13.2 Å². The van der Waals surface area contributed by atoms with Gasteiger partial charge in [-0.25, -0.2) is 4.79 Å². The van der Waals surface area contributed by atoms with Gasteiger partial charge in [0, 0.05) is 4.47 Å². The highest BCUT2D eigenvalue weighted by atomic mass is 79.9. The largest absolute Gasteiger partial charge is 0.478 e. The summed E-state index contributed by atoms with van der Waals surface area (Å²) in [5, 5.41) is 8.58. The van der Waals surface area contributed by atoms with Crippen LogP contribution >= 0.6 is 15.9 Å². The molecule has 1 rings (SSSR count). The maximum atomic E-state index is 12.3. The number of benzene rings is 1. The Morgan fingerprint density at radius 2 is 1.93 bits per heavy atom. The Labute approximate surface area is 85.5 Å². The predicted molar refractivity (Wildman–Crippen MR) is 46.1 cm³/mol. The zero-order chi connectivity index (χ0) is 10.9. The minimum atomic E-state index is -4.66. The van der Waals surface area contributed by atoms with Crippen LogP contribution in [0.2, 0.25) is 0 Å². The van der Waals surface area contributed by atoms with E-state index in [0.29, 0.717) is 0 Å². The van der Waals surface area contributed by atoms with Crippen molar-refractivity contribution in [2.75, 3.05) is 0 Å². The van der Waals surface area contributed by atoms with Crippen molar-refractivity contribution in [3.8, 4) is 0 Å². The Morgan fingerprint density at radius 3 is 2.29 bits per heavy atom. The molecule has 0 heterocycles. The van der Waals surface area contributed by atoms with E-state index in [1.165, 1.54) is 6.07 Å². The molecular weight excluding hydrogens is 265 g/mol. The molecule has 0 saturated heterocycles. The molecule has 0 atom stereocenters. The Balaban J connectivity index is 3.44. The Hall–Kier alpha value is -1.04. The van der Waals surface area contributed by atoms with Gasteiger partial charge >= 0.3 is 12.1 Å². The smallest absolute Gasteiger partial charge is 0.417 e. The van der Waals surface area contributed by atoms with E-state index in [4.69, 9.17) is 5.11 Å². The maximum absolute atomic E-state index is 12.3. The standard InChI is InChI=1S/C8H4BrF3O2/c9-5-3-1-2-4(8(10,11)12)6(5)7(13)14/h1-3H,(H,13,14). The van der Waals surface area contributed by atoms with E-state index in [-0.39, 0.29) is 4.47 Å². The predicted octanol–water partition coefficient (Wildman–Crippen LogP) is 3.17. The molecule has 0 saturated carbocycles. The summed E-state index contributed by atoms with van der Waals surface area (Å²) < 4.78 is 36.8. The van der Waals surface area contributed by atoms with Gasteiger partial charge in [0.05, 0.1) is 11.1 Å².